The first-order valence-corrected chi connectivity index (χ1v) is 11.6. The molecule has 4 rings (SSSR count). The molecule has 0 aliphatic carbocycles. The minimum atomic E-state index is -0.630. The zero-order valence-corrected chi connectivity index (χ0v) is 18.6. The van der Waals surface area contributed by atoms with Crippen LogP contribution in [-0.2, 0) is 16.0 Å². The zero-order valence-electron chi connectivity index (χ0n) is 17.0. The largest absolute Gasteiger partial charge is 0.314 e. The number of fused-ring (bicyclic) bond motifs is 1. The lowest BCUT2D eigenvalue weighted by molar-refractivity contribution is -0.116. The van der Waals surface area contributed by atoms with Gasteiger partial charge in [0.1, 0.15) is 0 Å². The van der Waals surface area contributed by atoms with Gasteiger partial charge in [-0.05, 0) is 29.5 Å². The Morgan fingerprint density at radius 1 is 1.19 bits per heavy atom. The molecule has 0 unspecified atom stereocenters. The summed E-state index contributed by atoms with van der Waals surface area (Å²) in [7, 11) is 0. The second-order valence-electron chi connectivity index (χ2n) is 6.92. The molecule has 1 aliphatic heterocycles. The monoisotopic (exact) mass is 469 g/mol. The molecular weight excluding hydrogens is 450 g/mol. The van der Waals surface area contributed by atoms with Gasteiger partial charge in [-0.1, -0.05) is 36.0 Å². The Hall–Kier alpha value is -3.44. The summed E-state index contributed by atoms with van der Waals surface area (Å²) >= 11 is 2.27. The molecule has 0 bridgehead atoms. The predicted octanol–water partition coefficient (Wildman–Crippen LogP) is 2.72. The van der Waals surface area contributed by atoms with Crippen molar-refractivity contribution in [2.24, 2.45) is 0 Å². The van der Waals surface area contributed by atoms with E-state index in [4.69, 9.17) is 0 Å². The standard InChI is InChI=1S/C21H19N5O4S2/c1-12(27)22-18-17(23-19(29)15-7-4-10-31-15)20(30)25-21(24-18)32-11-16(28)26-9-8-13-5-2-3-6-14(13)26/h2-7,10H,8-9,11H2,1H3,(H,23,29)(H2,22,24,25,27,30). The molecule has 3 aromatic rings. The summed E-state index contributed by atoms with van der Waals surface area (Å²) < 4.78 is 0. The summed E-state index contributed by atoms with van der Waals surface area (Å²) in [6, 6.07) is 11.1. The lowest BCUT2D eigenvalue weighted by Crippen LogP contribution is -2.30. The minimum Gasteiger partial charge on any atom is -0.314 e. The van der Waals surface area contributed by atoms with Crippen molar-refractivity contribution >= 4 is 58.0 Å². The summed E-state index contributed by atoms with van der Waals surface area (Å²) in [6.45, 7) is 1.88. The summed E-state index contributed by atoms with van der Waals surface area (Å²) in [5.41, 5.74) is 1.22. The fourth-order valence-corrected chi connectivity index (χ4v) is 4.64. The predicted molar refractivity (Wildman–Crippen MR) is 125 cm³/mol. The minimum absolute atomic E-state index is 0.0533. The molecule has 0 spiro atoms. The highest BCUT2D eigenvalue weighted by atomic mass is 32.2. The molecule has 3 heterocycles. The maximum Gasteiger partial charge on any atom is 0.277 e. The fraction of sp³-hybridized carbons (Fsp3) is 0.190. The number of anilines is 3. The van der Waals surface area contributed by atoms with Crippen molar-refractivity contribution in [2.45, 2.75) is 18.5 Å². The van der Waals surface area contributed by atoms with Crippen molar-refractivity contribution in [2.75, 3.05) is 27.8 Å². The number of amides is 3. The molecule has 0 atom stereocenters. The average molecular weight is 470 g/mol. The Morgan fingerprint density at radius 2 is 2.00 bits per heavy atom. The van der Waals surface area contributed by atoms with Crippen molar-refractivity contribution in [3.05, 3.63) is 62.6 Å². The van der Waals surface area contributed by atoms with Crippen molar-refractivity contribution in [3.63, 3.8) is 0 Å². The smallest absolute Gasteiger partial charge is 0.277 e. The number of nitrogens with zero attached hydrogens (tertiary/aromatic N) is 2. The highest BCUT2D eigenvalue weighted by Gasteiger charge is 2.24. The van der Waals surface area contributed by atoms with Crippen LogP contribution in [0.5, 0.6) is 0 Å². The van der Waals surface area contributed by atoms with Crippen LogP contribution >= 0.6 is 23.1 Å². The molecule has 3 amide bonds. The third-order valence-electron chi connectivity index (χ3n) is 4.70. The molecular formula is C21H19N5O4S2. The molecule has 164 valence electrons. The van der Waals surface area contributed by atoms with E-state index in [1.165, 1.54) is 18.3 Å². The van der Waals surface area contributed by atoms with Gasteiger partial charge in [-0.15, -0.1) is 11.3 Å². The lowest BCUT2D eigenvalue weighted by atomic mass is 10.2. The number of thioether (sulfide) groups is 1. The van der Waals surface area contributed by atoms with Crippen LogP contribution in [-0.4, -0.2) is 40.0 Å². The maximum atomic E-state index is 12.7. The van der Waals surface area contributed by atoms with E-state index in [2.05, 4.69) is 20.6 Å². The van der Waals surface area contributed by atoms with Crippen molar-refractivity contribution in [1.82, 2.24) is 9.97 Å². The Balaban J connectivity index is 1.51. The number of para-hydroxylation sites is 1. The van der Waals surface area contributed by atoms with E-state index in [9.17, 15) is 19.2 Å². The van der Waals surface area contributed by atoms with Gasteiger partial charge in [-0.2, -0.15) is 0 Å². The quantitative estimate of drug-likeness (QED) is 0.377. The Bertz CT molecular complexity index is 1240. The Labute approximate surface area is 191 Å². The first-order valence-electron chi connectivity index (χ1n) is 9.70. The number of H-pyrrole nitrogens is 1. The first kappa shape index (κ1) is 21.8. The van der Waals surface area contributed by atoms with Crippen molar-refractivity contribution in [3.8, 4) is 0 Å². The zero-order chi connectivity index (χ0) is 22.7. The number of aromatic nitrogens is 2. The van der Waals surface area contributed by atoms with Crippen LogP contribution in [0.2, 0.25) is 0 Å². The van der Waals surface area contributed by atoms with Gasteiger partial charge in [-0.25, -0.2) is 4.98 Å². The molecule has 32 heavy (non-hydrogen) atoms. The van der Waals surface area contributed by atoms with Crippen LogP contribution in [0.4, 0.5) is 17.2 Å². The van der Waals surface area contributed by atoms with Crippen LogP contribution in [0.25, 0.3) is 0 Å². The number of carbonyl (C=O) groups is 3. The van der Waals surface area contributed by atoms with Gasteiger partial charge in [0.25, 0.3) is 11.5 Å². The topological polar surface area (TPSA) is 124 Å². The van der Waals surface area contributed by atoms with Gasteiger partial charge in [0.05, 0.1) is 10.6 Å². The Morgan fingerprint density at radius 3 is 2.75 bits per heavy atom. The van der Waals surface area contributed by atoms with Gasteiger partial charge >= 0.3 is 0 Å². The fourth-order valence-electron chi connectivity index (χ4n) is 3.28. The number of nitrogens with one attached hydrogen (secondary N) is 3. The molecule has 1 aliphatic rings. The normalized spacial score (nSPS) is 12.3. The van der Waals surface area contributed by atoms with E-state index in [-0.39, 0.29) is 28.3 Å². The number of hydrogen-bond acceptors (Lipinski definition) is 7. The summed E-state index contributed by atoms with van der Waals surface area (Å²) in [6.07, 6.45) is 0.799. The van der Waals surface area contributed by atoms with Gasteiger partial charge < -0.3 is 15.5 Å². The number of hydrogen-bond donors (Lipinski definition) is 3. The molecule has 2 aromatic heterocycles. The van der Waals surface area contributed by atoms with Gasteiger partial charge in [0, 0.05) is 19.2 Å². The van der Waals surface area contributed by atoms with E-state index >= 15 is 0 Å². The molecule has 3 N–H and O–H groups in total. The molecule has 9 nitrogen and oxygen atoms in total. The lowest BCUT2D eigenvalue weighted by Gasteiger charge is -2.17. The van der Waals surface area contributed by atoms with E-state index in [1.807, 2.05) is 24.3 Å². The van der Waals surface area contributed by atoms with Crippen LogP contribution in [0.15, 0.2) is 51.7 Å². The summed E-state index contributed by atoms with van der Waals surface area (Å²) in [4.78, 5) is 58.3. The number of thiophene rings is 1. The number of aromatic amines is 1. The Kier molecular flexibility index (Phi) is 6.37. The second kappa shape index (κ2) is 9.37. The molecule has 0 fully saturated rings. The number of carbonyl (C=O) groups excluding carboxylic acids is 3. The second-order valence-corrected chi connectivity index (χ2v) is 8.83. The van der Waals surface area contributed by atoms with E-state index in [1.54, 1.807) is 22.4 Å². The van der Waals surface area contributed by atoms with Crippen LogP contribution in [0, 0.1) is 0 Å². The van der Waals surface area contributed by atoms with Gasteiger partial charge in [-0.3, -0.25) is 24.2 Å². The first-order chi connectivity index (χ1) is 15.4. The molecule has 11 heteroatoms. The van der Waals surface area contributed by atoms with Crippen LogP contribution in [0.3, 0.4) is 0 Å². The third kappa shape index (κ3) is 4.73. The van der Waals surface area contributed by atoms with E-state index < -0.39 is 17.4 Å². The highest BCUT2D eigenvalue weighted by Crippen LogP contribution is 2.29. The summed E-state index contributed by atoms with van der Waals surface area (Å²) in [5, 5.41) is 6.87. The van der Waals surface area contributed by atoms with Gasteiger partial charge in [0.2, 0.25) is 11.8 Å². The SMILES string of the molecule is CC(=O)Nc1nc(SCC(=O)N2CCc3ccccc32)[nH]c(=O)c1NC(=O)c1cccs1. The number of rotatable bonds is 6. The molecule has 0 radical (unpaired) electrons. The van der Waals surface area contributed by atoms with E-state index in [0.29, 0.717) is 11.4 Å². The molecule has 0 saturated carbocycles. The van der Waals surface area contributed by atoms with Crippen molar-refractivity contribution < 1.29 is 14.4 Å². The van der Waals surface area contributed by atoms with Crippen LogP contribution in [0.1, 0.15) is 22.2 Å². The van der Waals surface area contributed by atoms with Crippen molar-refractivity contribution in [1.29, 1.82) is 0 Å². The van der Waals surface area contributed by atoms with Crippen LogP contribution < -0.4 is 21.1 Å². The third-order valence-corrected chi connectivity index (χ3v) is 6.42. The molecule has 1 aromatic carbocycles. The number of benzene rings is 1. The average Bonchev–Trinajstić information content (AvgIpc) is 3.44. The maximum absolute atomic E-state index is 12.7. The van der Waals surface area contributed by atoms with Gasteiger partial charge in [0.15, 0.2) is 16.7 Å². The highest BCUT2D eigenvalue weighted by molar-refractivity contribution is 7.99. The molecule has 0 saturated heterocycles. The van der Waals surface area contributed by atoms with E-state index in [0.717, 1.165) is 29.4 Å². The summed E-state index contributed by atoms with van der Waals surface area (Å²) in [5.74, 6) is -1.07.